The van der Waals surface area contributed by atoms with Crippen LogP contribution in [-0.2, 0) is 10.8 Å². The molecule has 0 fully saturated rings. The van der Waals surface area contributed by atoms with Gasteiger partial charge in [0.2, 0.25) is 0 Å². The number of rotatable bonds is 0. The van der Waals surface area contributed by atoms with Gasteiger partial charge in [0.05, 0.1) is 5.69 Å². The summed E-state index contributed by atoms with van der Waals surface area (Å²) in [6.45, 7) is 9.20. The smallest absolute Gasteiger partial charge is 0.152 e. The van der Waals surface area contributed by atoms with Crippen molar-refractivity contribution in [2.24, 2.45) is 0 Å². The molecular weight excluding hydrogens is 178 g/mol. The van der Waals surface area contributed by atoms with E-state index in [2.05, 4.69) is 38.2 Å². The average molecular weight is 194 g/mol. The highest BCUT2D eigenvalue weighted by Crippen LogP contribution is 2.46. The summed E-state index contributed by atoms with van der Waals surface area (Å²) in [5.74, 6) is 0. The summed E-state index contributed by atoms with van der Waals surface area (Å²) >= 11 is 1.70. The summed E-state index contributed by atoms with van der Waals surface area (Å²) in [6, 6.07) is 0. The molecule has 0 atom stereocenters. The Kier molecular flexibility index (Phi) is 1.82. The predicted octanol–water partition coefficient (Wildman–Crippen LogP) is 3.29. The zero-order chi connectivity index (χ0) is 9.69. The molecule has 0 amide bonds. The summed E-state index contributed by atoms with van der Waals surface area (Å²) in [7, 11) is 0. The van der Waals surface area contributed by atoms with Crippen molar-refractivity contribution in [1.29, 1.82) is 0 Å². The van der Waals surface area contributed by atoms with Crippen LogP contribution in [0.5, 0.6) is 0 Å². The van der Waals surface area contributed by atoms with E-state index in [0.29, 0.717) is 5.41 Å². The fraction of sp³-hybridized carbons (Fsp3) is 0.727. The minimum atomic E-state index is 0.265. The Morgan fingerprint density at radius 2 is 1.77 bits per heavy atom. The van der Waals surface area contributed by atoms with E-state index < -0.39 is 0 Å². The quantitative estimate of drug-likeness (QED) is 0.617. The maximum Gasteiger partial charge on any atom is 0.152 e. The number of aromatic nitrogens is 1. The topological polar surface area (TPSA) is 12.9 Å². The fourth-order valence-electron chi connectivity index (χ4n) is 1.99. The molecule has 1 aromatic heterocycles. The van der Waals surface area contributed by atoms with E-state index in [-0.39, 0.29) is 5.41 Å². The predicted molar refractivity (Wildman–Crippen MR) is 56.2 cm³/mol. The zero-order valence-corrected chi connectivity index (χ0v) is 9.59. The average Bonchev–Trinajstić information content (AvgIpc) is 2.48. The van der Waals surface area contributed by atoms with Gasteiger partial charge in [-0.25, -0.2) is 4.98 Å². The van der Waals surface area contributed by atoms with E-state index in [1.54, 1.807) is 11.3 Å². The highest BCUT2D eigenvalue weighted by Gasteiger charge is 2.39. The fourth-order valence-corrected chi connectivity index (χ4v) is 3.01. The van der Waals surface area contributed by atoms with Crippen LogP contribution in [0.2, 0.25) is 0 Å². The SMILES string of the molecule is CC1(C)CCC(C)(C)c2s[c]nc21. The number of fused-ring (bicyclic) bond motifs is 1. The summed E-state index contributed by atoms with van der Waals surface area (Å²) in [5, 5.41) is 0. The Hall–Kier alpha value is -0.370. The summed E-state index contributed by atoms with van der Waals surface area (Å²) in [4.78, 5) is 5.85. The minimum Gasteiger partial charge on any atom is -0.238 e. The van der Waals surface area contributed by atoms with Gasteiger partial charge in [-0.15, -0.1) is 11.3 Å². The lowest BCUT2D eigenvalue weighted by Crippen LogP contribution is -2.32. The number of hydrogen-bond acceptors (Lipinski definition) is 2. The molecule has 2 heteroatoms. The van der Waals surface area contributed by atoms with Gasteiger partial charge in [-0.1, -0.05) is 27.7 Å². The second kappa shape index (κ2) is 2.57. The van der Waals surface area contributed by atoms with Crippen LogP contribution in [0.1, 0.15) is 51.1 Å². The number of nitrogens with zero attached hydrogens (tertiary/aromatic N) is 1. The molecule has 1 aromatic rings. The molecular formula is C11H16NS. The minimum absolute atomic E-state index is 0.265. The van der Waals surface area contributed by atoms with Gasteiger partial charge in [0.1, 0.15) is 0 Å². The van der Waals surface area contributed by atoms with Crippen LogP contribution in [0.25, 0.3) is 0 Å². The van der Waals surface area contributed by atoms with Crippen LogP contribution in [0.15, 0.2) is 0 Å². The third kappa shape index (κ3) is 1.32. The van der Waals surface area contributed by atoms with Gasteiger partial charge in [0, 0.05) is 15.7 Å². The van der Waals surface area contributed by atoms with Crippen LogP contribution >= 0.6 is 11.3 Å². The molecule has 0 aliphatic heterocycles. The monoisotopic (exact) mass is 194 g/mol. The van der Waals surface area contributed by atoms with E-state index in [9.17, 15) is 0 Å². The van der Waals surface area contributed by atoms with E-state index >= 15 is 0 Å². The van der Waals surface area contributed by atoms with Crippen molar-refractivity contribution in [3.05, 3.63) is 16.1 Å². The highest BCUT2D eigenvalue weighted by molar-refractivity contribution is 7.09. The first-order chi connectivity index (χ1) is 5.93. The van der Waals surface area contributed by atoms with Crippen molar-refractivity contribution in [2.45, 2.75) is 51.4 Å². The van der Waals surface area contributed by atoms with Crippen molar-refractivity contribution in [3.63, 3.8) is 0 Å². The normalized spacial score (nSPS) is 24.0. The number of thiazole rings is 1. The Bertz CT molecular complexity index is 292. The molecule has 71 valence electrons. The van der Waals surface area contributed by atoms with E-state index in [1.807, 2.05) is 0 Å². The molecule has 0 N–H and O–H groups in total. The van der Waals surface area contributed by atoms with Gasteiger partial charge >= 0.3 is 0 Å². The maximum absolute atomic E-state index is 4.40. The van der Waals surface area contributed by atoms with Gasteiger partial charge in [0.15, 0.2) is 5.51 Å². The largest absolute Gasteiger partial charge is 0.238 e. The standard InChI is InChI=1S/C11H16NS/c1-10(2)5-6-11(3,4)9-8(10)12-7-13-9/h5-6H2,1-4H3. The first-order valence-corrected chi connectivity index (χ1v) is 5.63. The summed E-state index contributed by atoms with van der Waals surface area (Å²) < 4.78 is 0. The Morgan fingerprint density at radius 1 is 1.15 bits per heavy atom. The zero-order valence-electron chi connectivity index (χ0n) is 8.77. The van der Waals surface area contributed by atoms with Crippen molar-refractivity contribution in [2.75, 3.05) is 0 Å². The first-order valence-electron chi connectivity index (χ1n) is 4.81. The van der Waals surface area contributed by atoms with Gasteiger partial charge in [-0.3, -0.25) is 0 Å². The molecule has 1 nitrogen and oxygen atoms in total. The van der Waals surface area contributed by atoms with Crippen molar-refractivity contribution >= 4 is 11.3 Å². The Labute approximate surface area is 84.2 Å². The van der Waals surface area contributed by atoms with Crippen molar-refractivity contribution in [1.82, 2.24) is 4.98 Å². The van der Waals surface area contributed by atoms with E-state index in [1.165, 1.54) is 23.4 Å². The van der Waals surface area contributed by atoms with Crippen LogP contribution in [0.4, 0.5) is 0 Å². The lowest BCUT2D eigenvalue weighted by Gasteiger charge is -2.37. The van der Waals surface area contributed by atoms with Gasteiger partial charge in [-0.05, 0) is 12.8 Å². The third-order valence-electron chi connectivity index (χ3n) is 3.15. The summed E-state index contributed by atoms with van der Waals surface area (Å²) in [6.07, 6.45) is 2.51. The molecule has 0 saturated heterocycles. The molecule has 2 rings (SSSR count). The molecule has 1 aliphatic carbocycles. The Morgan fingerprint density at radius 3 is 2.38 bits per heavy atom. The van der Waals surface area contributed by atoms with E-state index in [4.69, 9.17) is 0 Å². The van der Waals surface area contributed by atoms with Crippen molar-refractivity contribution in [3.8, 4) is 0 Å². The maximum atomic E-state index is 4.40. The third-order valence-corrected chi connectivity index (χ3v) is 4.28. The Balaban J connectivity index is 2.56. The van der Waals surface area contributed by atoms with Gasteiger partial charge in [0.25, 0.3) is 0 Å². The molecule has 1 radical (unpaired) electrons. The van der Waals surface area contributed by atoms with Crippen molar-refractivity contribution < 1.29 is 0 Å². The van der Waals surface area contributed by atoms with Gasteiger partial charge in [-0.2, -0.15) is 0 Å². The molecule has 0 spiro atoms. The molecule has 1 aliphatic rings. The molecule has 0 bridgehead atoms. The highest BCUT2D eigenvalue weighted by atomic mass is 32.1. The molecule has 0 aromatic carbocycles. The molecule has 13 heavy (non-hydrogen) atoms. The molecule has 0 saturated carbocycles. The lowest BCUT2D eigenvalue weighted by atomic mass is 9.69. The van der Waals surface area contributed by atoms with Gasteiger partial charge < -0.3 is 0 Å². The second-order valence-electron chi connectivity index (χ2n) is 5.25. The van der Waals surface area contributed by atoms with E-state index in [0.717, 1.165) is 0 Å². The van der Waals surface area contributed by atoms with Crippen LogP contribution in [0, 0.1) is 5.51 Å². The summed E-state index contributed by atoms with van der Waals surface area (Å²) in [5.41, 5.74) is 4.92. The first kappa shape index (κ1) is 9.20. The second-order valence-corrected chi connectivity index (χ2v) is 6.05. The van der Waals surface area contributed by atoms with Crippen LogP contribution < -0.4 is 0 Å². The number of hydrogen-bond donors (Lipinski definition) is 0. The van der Waals surface area contributed by atoms with Crippen LogP contribution in [-0.4, -0.2) is 4.98 Å². The molecule has 1 heterocycles. The molecule has 0 unspecified atom stereocenters. The lowest BCUT2D eigenvalue weighted by molar-refractivity contribution is 0.331. The van der Waals surface area contributed by atoms with Crippen LogP contribution in [0.3, 0.4) is 0 Å².